The average molecular weight is 340 g/mol. The summed E-state index contributed by atoms with van der Waals surface area (Å²) >= 11 is 0. The first kappa shape index (κ1) is 17.3. The predicted octanol–water partition coefficient (Wildman–Crippen LogP) is 2.72. The minimum atomic E-state index is -0.117. The number of nitrogens with one attached hydrogen (secondary N) is 1. The molecule has 1 fully saturated rings. The topological polar surface area (TPSA) is 50.8 Å². The molecule has 0 aromatic heterocycles. The molecule has 1 aliphatic heterocycles. The summed E-state index contributed by atoms with van der Waals surface area (Å²) in [5.74, 6) is 0.470. The molecule has 2 aromatic carbocycles. The third kappa shape index (κ3) is 4.51. The third-order valence-corrected chi connectivity index (χ3v) is 4.36. The number of ether oxygens (including phenoxy) is 2. The van der Waals surface area contributed by atoms with Crippen LogP contribution < -0.4 is 15.0 Å². The van der Waals surface area contributed by atoms with Gasteiger partial charge in [0.1, 0.15) is 5.75 Å². The van der Waals surface area contributed by atoms with E-state index in [1.807, 2.05) is 30.3 Å². The molecule has 1 saturated heterocycles. The molecule has 3 rings (SSSR count). The molecule has 1 atom stereocenters. The number of methoxy groups -OCH3 is 1. The number of para-hydroxylation sites is 2. The Morgan fingerprint density at radius 2 is 1.96 bits per heavy atom. The van der Waals surface area contributed by atoms with Gasteiger partial charge in [-0.15, -0.1) is 0 Å². The fourth-order valence-corrected chi connectivity index (χ4v) is 3.04. The molecule has 0 bridgehead atoms. The van der Waals surface area contributed by atoms with Gasteiger partial charge < -0.3 is 19.7 Å². The van der Waals surface area contributed by atoms with Crippen molar-refractivity contribution < 1.29 is 14.3 Å². The molecule has 5 heteroatoms. The molecular weight excluding hydrogens is 316 g/mol. The maximum atomic E-state index is 12.3. The third-order valence-electron chi connectivity index (χ3n) is 4.36. The first-order chi connectivity index (χ1) is 12.3. The Kier molecular flexibility index (Phi) is 5.90. The SMILES string of the molecule is COc1ccccc1C(=O)NCCC1CN(c2ccccc2)CCO1. The smallest absolute Gasteiger partial charge is 0.255 e. The van der Waals surface area contributed by atoms with E-state index in [4.69, 9.17) is 9.47 Å². The summed E-state index contributed by atoms with van der Waals surface area (Å²) < 4.78 is 11.1. The number of rotatable bonds is 6. The summed E-state index contributed by atoms with van der Waals surface area (Å²) in [5, 5.41) is 2.96. The lowest BCUT2D eigenvalue weighted by atomic mass is 10.1. The molecule has 1 unspecified atom stereocenters. The van der Waals surface area contributed by atoms with Crippen molar-refractivity contribution in [2.24, 2.45) is 0 Å². The van der Waals surface area contributed by atoms with E-state index in [0.29, 0.717) is 24.5 Å². The molecule has 0 radical (unpaired) electrons. The number of benzene rings is 2. The van der Waals surface area contributed by atoms with Crippen molar-refractivity contribution in [3.63, 3.8) is 0 Å². The summed E-state index contributed by atoms with van der Waals surface area (Å²) in [6.07, 6.45) is 0.899. The monoisotopic (exact) mass is 340 g/mol. The minimum absolute atomic E-state index is 0.117. The maximum Gasteiger partial charge on any atom is 0.255 e. The van der Waals surface area contributed by atoms with Crippen LogP contribution in [0.3, 0.4) is 0 Å². The van der Waals surface area contributed by atoms with Crippen LogP contribution in [0.2, 0.25) is 0 Å². The summed E-state index contributed by atoms with van der Waals surface area (Å²) in [4.78, 5) is 14.6. The van der Waals surface area contributed by atoms with Crippen molar-refractivity contribution in [1.82, 2.24) is 5.32 Å². The van der Waals surface area contributed by atoms with Crippen LogP contribution in [0, 0.1) is 0 Å². The van der Waals surface area contributed by atoms with Crippen LogP contribution in [-0.4, -0.2) is 45.4 Å². The second-order valence-corrected chi connectivity index (χ2v) is 6.02. The van der Waals surface area contributed by atoms with E-state index in [0.717, 1.165) is 19.5 Å². The standard InChI is InChI=1S/C20H24N2O3/c1-24-19-10-6-5-9-18(19)20(23)21-12-11-17-15-22(13-14-25-17)16-7-3-2-4-8-16/h2-10,17H,11-15H2,1H3,(H,21,23). The number of nitrogens with zero attached hydrogens (tertiary/aromatic N) is 1. The number of morpholine rings is 1. The Balaban J connectivity index is 1.49. The second-order valence-electron chi connectivity index (χ2n) is 6.02. The zero-order valence-electron chi connectivity index (χ0n) is 14.5. The Morgan fingerprint density at radius 3 is 2.76 bits per heavy atom. The van der Waals surface area contributed by atoms with Gasteiger partial charge in [0.25, 0.3) is 5.91 Å². The number of hydrogen-bond acceptors (Lipinski definition) is 4. The van der Waals surface area contributed by atoms with Crippen LogP contribution in [0.1, 0.15) is 16.8 Å². The van der Waals surface area contributed by atoms with Gasteiger partial charge in [-0.25, -0.2) is 0 Å². The van der Waals surface area contributed by atoms with Gasteiger partial charge in [0.15, 0.2) is 0 Å². The molecule has 0 spiro atoms. The van der Waals surface area contributed by atoms with Crippen LogP contribution in [0.5, 0.6) is 5.75 Å². The van der Waals surface area contributed by atoms with Crippen LogP contribution in [0.25, 0.3) is 0 Å². The Bertz CT molecular complexity index is 690. The first-order valence-corrected chi connectivity index (χ1v) is 8.61. The maximum absolute atomic E-state index is 12.3. The van der Waals surface area contributed by atoms with E-state index in [2.05, 4.69) is 22.3 Å². The number of carbonyl (C=O) groups is 1. The Labute approximate surface area is 148 Å². The zero-order chi connectivity index (χ0) is 17.5. The number of carbonyl (C=O) groups excluding carboxylic acids is 1. The highest BCUT2D eigenvalue weighted by atomic mass is 16.5. The van der Waals surface area contributed by atoms with Crippen LogP contribution in [-0.2, 0) is 4.74 Å². The van der Waals surface area contributed by atoms with E-state index in [-0.39, 0.29) is 12.0 Å². The molecule has 0 aliphatic carbocycles. The lowest BCUT2D eigenvalue weighted by molar-refractivity contribution is 0.0354. The van der Waals surface area contributed by atoms with Crippen molar-refractivity contribution in [1.29, 1.82) is 0 Å². The molecule has 2 aromatic rings. The molecule has 1 aliphatic rings. The van der Waals surface area contributed by atoms with Gasteiger partial charge in [-0.1, -0.05) is 30.3 Å². The van der Waals surface area contributed by atoms with Gasteiger partial charge in [-0.05, 0) is 30.7 Å². The van der Waals surface area contributed by atoms with Crippen molar-refractivity contribution >= 4 is 11.6 Å². The van der Waals surface area contributed by atoms with Crippen LogP contribution in [0.4, 0.5) is 5.69 Å². The van der Waals surface area contributed by atoms with E-state index >= 15 is 0 Å². The van der Waals surface area contributed by atoms with Gasteiger partial charge in [0.05, 0.1) is 25.4 Å². The summed E-state index contributed by atoms with van der Waals surface area (Å²) in [6, 6.07) is 17.6. The van der Waals surface area contributed by atoms with Crippen LogP contribution >= 0.6 is 0 Å². The van der Waals surface area contributed by atoms with Crippen LogP contribution in [0.15, 0.2) is 54.6 Å². The molecular formula is C20H24N2O3. The van der Waals surface area contributed by atoms with Gasteiger partial charge >= 0.3 is 0 Å². The van der Waals surface area contributed by atoms with Crippen molar-refractivity contribution in [3.05, 3.63) is 60.2 Å². The van der Waals surface area contributed by atoms with E-state index in [1.165, 1.54) is 5.69 Å². The molecule has 132 valence electrons. The average Bonchev–Trinajstić information content (AvgIpc) is 2.69. The summed E-state index contributed by atoms with van der Waals surface area (Å²) in [6.45, 7) is 3.02. The van der Waals surface area contributed by atoms with E-state index in [1.54, 1.807) is 19.2 Å². The number of hydrogen-bond donors (Lipinski definition) is 1. The molecule has 1 amide bonds. The zero-order valence-corrected chi connectivity index (χ0v) is 14.5. The number of anilines is 1. The van der Waals surface area contributed by atoms with E-state index in [9.17, 15) is 4.79 Å². The largest absolute Gasteiger partial charge is 0.496 e. The number of amides is 1. The lowest BCUT2D eigenvalue weighted by Crippen LogP contribution is -2.43. The minimum Gasteiger partial charge on any atom is -0.496 e. The predicted molar refractivity (Wildman–Crippen MR) is 98.3 cm³/mol. The quantitative estimate of drug-likeness (QED) is 0.878. The Hall–Kier alpha value is -2.53. The fourth-order valence-electron chi connectivity index (χ4n) is 3.04. The highest BCUT2D eigenvalue weighted by Crippen LogP contribution is 2.19. The molecule has 5 nitrogen and oxygen atoms in total. The van der Waals surface area contributed by atoms with Gasteiger partial charge in [-0.2, -0.15) is 0 Å². The normalized spacial score (nSPS) is 17.2. The highest BCUT2D eigenvalue weighted by Gasteiger charge is 2.21. The molecule has 0 saturated carbocycles. The van der Waals surface area contributed by atoms with Crippen molar-refractivity contribution in [2.75, 3.05) is 38.3 Å². The van der Waals surface area contributed by atoms with Gasteiger partial charge in [0.2, 0.25) is 0 Å². The summed E-state index contributed by atoms with van der Waals surface area (Å²) in [5.41, 5.74) is 1.77. The highest BCUT2D eigenvalue weighted by molar-refractivity contribution is 5.96. The molecule has 25 heavy (non-hydrogen) atoms. The fraction of sp³-hybridized carbons (Fsp3) is 0.350. The second kappa shape index (κ2) is 8.53. The molecule has 1 heterocycles. The van der Waals surface area contributed by atoms with Crippen molar-refractivity contribution in [2.45, 2.75) is 12.5 Å². The van der Waals surface area contributed by atoms with E-state index < -0.39 is 0 Å². The van der Waals surface area contributed by atoms with Crippen molar-refractivity contribution in [3.8, 4) is 5.75 Å². The summed E-state index contributed by atoms with van der Waals surface area (Å²) in [7, 11) is 1.57. The molecule has 1 N–H and O–H groups in total. The first-order valence-electron chi connectivity index (χ1n) is 8.61. The van der Waals surface area contributed by atoms with Gasteiger partial charge in [0, 0.05) is 25.3 Å². The van der Waals surface area contributed by atoms with Gasteiger partial charge in [-0.3, -0.25) is 4.79 Å². The Morgan fingerprint density at radius 1 is 1.20 bits per heavy atom. The lowest BCUT2D eigenvalue weighted by Gasteiger charge is -2.34.